The van der Waals surface area contributed by atoms with Crippen LogP contribution in [0.1, 0.15) is 15.4 Å². The molecular weight excluding hydrogens is 366 g/mol. The van der Waals surface area contributed by atoms with E-state index in [9.17, 15) is 9.59 Å². The van der Waals surface area contributed by atoms with Crippen LogP contribution in [-0.2, 0) is 4.74 Å². The van der Waals surface area contributed by atoms with Gasteiger partial charge in [-0.15, -0.1) is 11.3 Å². The average molecular weight is 383 g/mol. The number of rotatable bonds is 4. The van der Waals surface area contributed by atoms with Crippen LogP contribution in [0.5, 0.6) is 0 Å². The van der Waals surface area contributed by atoms with Crippen LogP contribution in [0.4, 0.5) is 5.00 Å². The number of hydrogen-bond donors (Lipinski definition) is 2. The Morgan fingerprint density at radius 1 is 1.22 bits per heavy atom. The molecule has 4 rings (SSSR count). The van der Waals surface area contributed by atoms with Crippen molar-refractivity contribution in [3.63, 3.8) is 0 Å². The summed E-state index contributed by atoms with van der Waals surface area (Å²) in [5, 5.41) is 12.3. The van der Waals surface area contributed by atoms with Gasteiger partial charge < -0.3 is 9.64 Å². The zero-order valence-corrected chi connectivity index (χ0v) is 15.2. The molecule has 0 unspecified atom stereocenters. The van der Waals surface area contributed by atoms with Crippen LogP contribution in [0, 0.1) is 0 Å². The number of hydrazone groups is 1. The summed E-state index contributed by atoms with van der Waals surface area (Å²) >= 11 is 1.60. The second kappa shape index (κ2) is 7.68. The van der Waals surface area contributed by atoms with Crippen molar-refractivity contribution in [3.05, 3.63) is 57.3 Å². The van der Waals surface area contributed by atoms with Crippen molar-refractivity contribution in [2.75, 3.05) is 31.2 Å². The molecule has 0 spiro atoms. The number of anilines is 1. The van der Waals surface area contributed by atoms with Gasteiger partial charge in [-0.3, -0.25) is 9.59 Å². The second-order valence-electron chi connectivity index (χ2n) is 5.92. The summed E-state index contributed by atoms with van der Waals surface area (Å²) in [7, 11) is 0. The number of hydrogen-bond acceptors (Lipinski definition) is 7. The van der Waals surface area contributed by atoms with E-state index in [2.05, 4.69) is 25.6 Å². The highest BCUT2D eigenvalue weighted by Crippen LogP contribution is 2.25. The molecule has 138 valence electrons. The number of aromatic amines is 1. The molecule has 0 atom stereocenters. The van der Waals surface area contributed by atoms with Crippen LogP contribution in [0.2, 0.25) is 0 Å². The Bertz CT molecular complexity index is 1050. The molecule has 1 aliphatic rings. The Labute approximate surface area is 158 Å². The lowest BCUT2D eigenvalue weighted by molar-refractivity contribution is 0.0951. The predicted molar refractivity (Wildman–Crippen MR) is 105 cm³/mol. The van der Waals surface area contributed by atoms with Crippen LogP contribution >= 0.6 is 11.3 Å². The highest BCUT2D eigenvalue weighted by molar-refractivity contribution is 7.17. The van der Waals surface area contributed by atoms with E-state index in [4.69, 9.17) is 4.74 Å². The number of benzene rings is 1. The Morgan fingerprint density at radius 3 is 2.81 bits per heavy atom. The topological polar surface area (TPSA) is 99.7 Å². The second-order valence-corrected chi connectivity index (χ2v) is 7.02. The number of ether oxygens (including phenoxy) is 1. The molecule has 3 heterocycles. The number of carbonyl (C=O) groups excluding carboxylic acids is 1. The Kier molecular flexibility index (Phi) is 4.95. The monoisotopic (exact) mass is 383 g/mol. The third-order valence-electron chi connectivity index (χ3n) is 4.20. The van der Waals surface area contributed by atoms with Crippen LogP contribution in [0.15, 0.2) is 46.3 Å². The molecule has 1 saturated heterocycles. The van der Waals surface area contributed by atoms with Gasteiger partial charge in [0.15, 0.2) is 5.69 Å². The van der Waals surface area contributed by atoms with E-state index in [-0.39, 0.29) is 11.3 Å². The van der Waals surface area contributed by atoms with E-state index in [1.54, 1.807) is 41.8 Å². The fourth-order valence-electron chi connectivity index (χ4n) is 2.86. The molecule has 0 saturated carbocycles. The first-order valence-corrected chi connectivity index (χ1v) is 9.27. The van der Waals surface area contributed by atoms with Crippen molar-refractivity contribution in [2.24, 2.45) is 5.10 Å². The first-order valence-electron chi connectivity index (χ1n) is 8.46. The van der Waals surface area contributed by atoms with Crippen LogP contribution in [0.3, 0.4) is 0 Å². The number of amides is 1. The maximum Gasteiger partial charge on any atom is 0.292 e. The van der Waals surface area contributed by atoms with Crippen molar-refractivity contribution in [3.8, 4) is 0 Å². The maximum absolute atomic E-state index is 12.4. The minimum absolute atomic E-state index is 0.127. The predicted octanol–water partition coefficient (Wildman–Crippen LogP) is 1.59. The normalized spacial score (nSPS) is 14.7. The number of morpholine rings is 1. The van der Waals surface area contributed by atoms with Crippen LogP contribution < -0.4 is 15.9 Å². The van der Waals surface area contributed by atoms with Gasteiger partial charge in [0.1, 0.15) is 0 Å². The number of thiophene rings is 1. The summed E-state index contributed by atoms with van der Waals surface area (Å²) in [6, 6.07) is 10.8. The summed E-state index contributed by atoms with van der Waals surface area (Å²) in [5.74, 6) is -0.483. The zero-order valence-electron chi connectivity index (χ0n) is 14.3. The molecule has 1 aliphatic heterocycles. The molecule has 8 nitrogen and oxygen atoms in total. The molecule has 9 heteroatoms. The summed E-state index contributed by atoms with van der Waals surface area (Å²) in [4.78, 5) is 27.4. The molecule has 0 aliphatic carbocycles. The molecular formula is C18H17N5O3S. The molecule has 1 amide bonds. The summed E-state index contributed by atoms with van der Waals surface area (Å²) in [5.41, 5.74) is 2.26. The molecule has 0 bridgehead atoms. The van der Waals surface area contributed by atoms with E-state index in [0.717, 1.165) is 36.2 Å². The van der Waals surface area contributed by atoms with Crippen molar-refractivity contribution in [2.45, 2.75) is 0 Å². The average Bonchev–Trinajstić information content (AvgIpc) is 3.18. The van der Waals surface area contributed by atoms with E-state index in [1.165, 1.54) is 0 Å². The van der Waals surface area contributed by atoms with Crippen LogP contribution in [-0.4, -0.2) is 48.6 Å². The van der Waals surface area contributed by atoms with Gasteiger partial charge in [-0.25, -0.2) is 10.5 Å². The number of nitrogens with one attached hydrogen (secondary N) is 2. The smallest absolute Gasteiger partial charge is 0.292 e. The first-order chi connectivity index (χ1) is 13.2. The Morgan fingerprint density at radius 2 is 2.00 bits per heavy atom. The quantitative estimate of drug-likeness (QED) is 0.526. The highest BCUT2D eigenvalue weighted by Gasteiger charge is 2.14. The van der Waals surface area contributed by atoms with Crippen molar-refractivity contribution in [1.29, 1.82) is 0 Å². The first kappa shape index (κ1) is 17.4. The van der Waals surface area contributed by atoms with Gasteiger partial charge in [-0.2, -0.15) is 10.2 Å². The highest BCUT2D eigenvalue weighted by atomic mass is 32.1. The number of aromatic nitrogens is 2. The molecule has 0 radical (unpaired) electrons. The molecule has 2 aromatic heterocycles. The summed E-state index contributed by atoms with van der Waals surface area (Å²) in [6.45, 7) is 3.21. The Balaban J connectivity index is 1.46. The van der Waals surface area contributed by atoms with Gasteiger partial charge in [-0.1, -0.05) is 18.2 Å². The number of H-pyrrole nitrogens is 1. The van der Waals surface area contributed by atoms with Gasteiger partial charge in [-0.05, 0) is 18.2 Å². The van der Waals surface area contributed by atoms with E-state index >= 15 is 0 Å². The van der Waals surface area contributed by atoms with E-state index in [1.807, 2.05) is 12.1 Å². The molecule has 27 heavy (non-hydrogen) atoms. The lowest BCUT2D eigenvalue weighted by Gasteiger charge is -2.27. The third kappa shape index (κ3) is 3.74. The van der Waals surface area contributed by atoms with Gasteiger partial charge in [0.25, 0.3) is 11.5 Å². The minimum Gasteiger partial charge on any atom is -0.378 e. The molecule has 3 aromatic rings. The number of nitrogens with zero attached hydrogens (tertiary/aromatic N) is 3. The standard InChI is InChI=1S/C18H17N5O3S/c24-17-14-4-2-1-3-13(14)16(20-22-17)18(25)21-19-11-12-5-6-15(27-12)23-7-9-26-10-8-23/h1-6,11H,7-10H2,(H,21,25)(H,22,24)/b19-11-. The number of carbonyl (C=O) groups is 1. The third-order valence-corrected chi connectivity index (χ3v) is 5.28. The van der Waals surface area contributed by atoms with Crippen molar-refractivity contribution in [1.82, 2.24) is 15.6 Å². The maximum atomic E-state index is 12.4. The van der Waals surface area contributed by atoms with Crippen molar-refractivity contribution >= 4 is 39.2 Å². The van der Waals surface area contributed by atoms with E-state index < -0.39 is 5.91 Å². The van der Waals surface area contributed by atoms with Crippen molar-refractivity contribution < 1.29 is 9.53 Å². The largest absolute Gasteiger partial charge is 0.378 e. The molecule has 2 N–H and O–H groups in total. The number of fused-ring (bicyclic) bond motifs is 1. The van der Waals surface area contributed by atoms with Gasteiger partial charge in [0, 0.05) is 23.4 Å². The lowest BCUT2D eigenvalue weighted by atomic mass is 10.1. The minimum atomic E-state index is -0.483. The fourth-order valence-corrected chi connectivity index (χ4v) is 3.79. The SMILES string of the molecule is O=C(N/N=C\c1ccc(N2CCOCC2)s1)c1n[nH]c(=O)c2ccccc12. The van der Waals surface area contributed by atoms with Gasteiger partial charge in [0.2, 0.25) is 0 Å². The zero-order chi connectivity index (χ0) is 18.6. The summed E-state index contributed by atoms with van der Waals surface area (Å²) < 4.78 is 5.36. The summed E-state index contributed by atoms with van der Waals surface area (Å²) in [6.07, 6.45) is 1.60. The Hall–Kier alpha value is -3.04. The lowest BCUT2D eigenvalue weighted by Crippen LogP contribution is -2.35. The van der Waals surface area contributed by atoms with Crippen LogP contribution in [0.25, 0.3) is 10.8 Å². The fraction of sp³-hybridized carbons (Fsp3) is 0.222. The van der Waals surface area contributed by atoms with Gasteiger partial charge in [0.05, 0.1) is 29.8 Å². The molecule has 1 aromatic carbocycles. The van der Waals surface area contributed by atoms with E-state index in [0.29, 0.717) is 10.8 Å². The molecule has 1 fully saturated rings. The van der Waals surface area contributed by atoms with Gasteiger partial charge >= 0.3 is 0 Å².